The molecular formula is C31H62O9. The van der Waals surface area contributed by atoms with Crippen LogP contribution in [-0.2, 0) is 23.7 Å². The Bertz CT molecular complexity index is 523. The zero-order valence-electron chi connectivity index (χ0n) is 25.4. The van der Waals surface area contributed by atoms with Crippen molar-refractivity contribution in [3.05, 3.63) is 0 Å². The van der Waals surface area contributed by atoms with E-state index in [-0.39, 0.29) is 13.2 Å². The fraction of sp³-hybridized carbons (Fsp3) is 1.00. The van der Waals surface area contributed by atoms with Gasteiger partial charge in [0.05, 0.1) is 46.2 Å². The van der Waals surface area contributed by atoms with Crippen molar-refractivity contribution in [1.29, 1.82) is 0 Å². The molecule has 0 spiro atoms. The topological polar surface area (TPSA) is 127 Å². The standard InChI is InChI=1S/C31H62O9/c1-2-3-4-5-6-7-8-9-10-11-12-13-14-15-16-17-18-19-36-20-21-37-22-23-38-24-25-39-31-30(35)29(34)28(33)27(26-32)40-31/h27-35H,2-26H2,1H3/t27-,28+,29+,30-,31-/m1/s1. The zero-order chi connectivity index (χ0) is 29.1. The van der Waals surface area contributed by atoms with Gasteiger partial charge in [-0.3, -0.25) is 0 Å². The van der Waals surface area contributed by atoms with Crippen LogP contribution in [0.25, 0.3) is 0 Å². The minimum atomic E-state index is -1.44. The van der Waals surface area contributed by atoms with Crippen LogP contribution in [0.4, 0.5) is 0 Å². The first-order valence-corrected chi connectivity index (χ1v) is 16.3. The van der Waals surface area contributed by atoms with Crippen molar-refractivity contribution in [1.82, 2.24) is 0 Å². The summed E-state index contributed by atoms with van der Waals surface area (Å²) >= 11 is 0. The average Bonchev–Trinajstić information content (AvgIpc) is 2.96. The Morgan fingerprint density at radius 3 is 1.32 bits per heavy atom. The van der Waals surface area contributed by atoms with Gasteiger partial charge >= 0.3 is 0 Å². The Morgan fingerprint density at radius 2 is 0.875 bits per heavy atom. The third-order valence-corrected chi connectivity index (χ3v) is 7.49. The summed E-state index contributed by atoms with van der Waals surface area (Å²) in [5.41, 5.74) is 0. The lowest BCUT2D eigenvalue weighted by Crippen LogP contribution is -2.59. The lowest BCUT2D eigenvalue weighted by atomic mass is 9.99. The van der Waals surface area contributed by atoms with E-state index in [2.05, 4.69) is 6.92 Å². The van der Waals surface area contributed by atoms with Gasteiger partial charge in [-0.25, -0.2) is 0 Å². The molecule has 0 aliphatic carbocycles. The second kappa shape index (κ2) is 27.5. The second-order valence-corrected chi connectivity index (χ2v) is 11.1. The van der Waals surface area contributed by atoms with Crippen LogP contribution in [0.15, 0.2) is 0 Å². The average molecular weight is 579 g/mol. The molecule has 240 valence electrons. The summed E-state index contributed by atoms with van der Waals surface area (Å²) in [6, 6.07) is 0. The van der Waals surface area contributed by atoms with Gasteiger partial charge in [-0.15, -0.1) is 0 Å². The molecule has 1 rings (SSSR count). The van der Waals surface area contributed by atoms with Crippen molar-refractivity contribution in [2.24, 2.45) is 0 Å². The summed E-state index contributed by atoms with van der Waals surface area (Å²) < 4.78 is 27.2. The summed E-state index contributed by atoms with van der Waals surface area (Å²) in [6.07, 6.45) is 17.0. The van der Waals surface area contributed by atoms with Gasteiger partial charge in [0.1, 0.15) is 24.4 Å². The monoisotopic (exact) mass is 578 g/mol. The summed E-state index contributed by atoms with van der Waals surface area (Å²) in [4.78, 5) is 0. The van der Waals surface area contributed by atoms with Gasteiger partial charge in [0.2, 0.25) is 0 Å². The first-order chi connectivity index (χ1) is 19.6. The Kier molecular flexibility index (Phi) is 25.9. The molecule has 1 aliphatic heterocycles. The highest BCUT2D eigenvalue weighted by Crippen LogP contribution is 2.21. The first kappa shape index (κ1) is 37.7. The van der Waals surface area contributed by atoms with Gasteiger partial charge < -0.3 is 44.1 Å². The van der Waals surface area contributed by atoms with Gasteiger partial charge in [-0.05, 0) is 6.42 Å². The van der Waals surface area contributed by atoms with Gasteiger partial charge in [-0.1, -0.05) is 110 Å². The van der Waals surface area contributed by atoms with Gasteiger partial charge in [0.25, 0.3) is 0 Å². The van der Waals surface area contributed by atoms with Gasteiger partial charge in [0.15, 0.2) is 6.29 Å². The molecule has 5 atom stereocenters. The molecule has 0 unspecified atom stereocenters. The molecule has 0 aromatic carbocycles. The van der Waals surface area contributed by atoms with Crippen LogP contribution in [0.1, 0.15) is 116 Å². The highest BCUT2D eigenvalue weighted by Gasteiger charge is 2.43. The highest BCUT2D eigenvalue weighted by molar-refractivity contribution is 4.88. The molecule has 1 aliphatic rings. The predicted molar refractivity (Wildman–Crippen MR) is 156 cm³/mol. The number of rotatable bonds is 29. The molecule has 0 aromatic rings. The van der Waals surface area contributed by atoms with E-state index in [1.165, 1.54) is 103 Å². The third kappa shape index (κ3) is 19.7. The van der Waals surface area contributed by atoms with Crippen molar-refractivity contribution in [3.63, 3.8) is 0 Å². The molecule has 4 N–H and O–H groups in total. The molecule has 0 bridgehead atoms. The molecule has 1 heterocycles. The van der Waals surface area contributed by atoms with Crippen LogP contribution < -0.4 is 0 Å². The maximum atomic E-state index is 9.90. The Morgan fingerprint density at radius 1 is 0.475 bits per heavy atom. The van der Waals surface area contributed by atoms with Crippen molar-refractivity contribution >= 4 is 0 Å². The number of aliphatic hydroxyl groups excluding tert-OH is 4. The summed E-state index contributed by atoms with van der Waals surface area (Å²) in [7, 11) is 0. The summed E-state index contributed by atoms with van der Waals surface area (Å²) in [6.45, 7) is 4.93. The SMILES string of the molecule is CCCCCCCCCCCCCCCCCCCOCCOCCOCCO[C@@H]1O[C@H](CO)[C@H](O)[C@H](O)[C@H]1O. The smallest absolute Gasteiger partial charge is 0.186 e. The molecular weight excluding hydrogens is 516 g/mol. The molecule has 1 saturated heterocycles. The summed E-state index contributed by atoms with van der Waals surface area (Å²) in [5.74, 6) is 0. The number of ether oxygens (including phenoxy) is 5. The highest BCUT2D eigenvalue weighted by atomic mass is 16.7. The van der Waals surface area contributed by atoms with E-state index in [0.29, 0.717) is 26.4 Å². The van der Waals surface area contributed by atoms with Crippen LogP contribution in [0.2, 0.25) is 0 Å². The van der Waals surface area contributed by atoms with Crippen molar-refractivity contribution in [3.8, 4) is 0 Å². The number of unbranched alkanes of at least 4 members (excludes halogenated alkanes) is 16. The largest absolute Gasteiger partial charge is 0.394 e. The number of hydrogen-bond donors (Lipinski definition) is 4. The van der Waals surface area contributed by atoms with Crippen molar-refractivity contribution in [2.75, 3.05) is 52.9 Å². The molecule has 9 heteroatoms. The molecule has 9 nitrogen and oxygen atoms in total. The molecule has 40 heavy (non-hydrogen) atoms. The Labute approximate surface area is 243 Å². The van der Waals surface area contributed by atoms with E-state index in [9.17, 15) is 20.4 Å². The molecule has 0 aromatic heterocycles. The van der Waals surface area contributed by atoms with Crippen LogP contribution in [0, 0.1) is 0 Å². The third-order valence-electron chi connectivity index (χ3n) is 7.49. The maximum absolute atomic E-state index is 9.90. The Hall–Kier alpha value is -0.360. The minimum absolute atomic E-state index is 0.130. The van der Waals surface area contributed by atoms with Crippen LogP contribution in [0.5, 0.6) is 0 Å². The fourth-order valence-electron chi connectivity index (χ4n) is 4.90. The molecule has 1 fully saturated rings. The lowest BCUT2D eigenvalue weighted by molar-refractivity contribution is -0.302. The molecule has 0 amide bonds. The Balaban J connectivity index is 1.73. The van der Waals surface area contributed by atoms with E-state index >= 15 is 0 Å². The minimum Gasteiger partial charge on any atom is -0.394 e. The molecule has 0 saturated carbocycles. The van der Waals surface area contributed by atoms with Crippen LogP contribution >= 0.6 is 0 Å². The number of aliphatic hydroxyl groups is 4. The van der Waals surface area contributed by atoms with E-state index in [4.69, 9.17) is 23.7 Å². The lowest BCUT2D eigenvalue weighted by Gasteiger charge is -2.39. The predicted octanol–water partition coefficient (Wildman–Crippen LogP) is 4.50. The van der Waals surface area contributed by atoms with E-state index in [1.807, 2.05) is 0 Å². The quantitative estimate of drug-likeness (QED) is 0.0949. The maximum Gasteiger partial charge on any atom is 0.186 e. The van der Waals surface area contributed by atoms with Gasteiger partial charge in [-0.2, -0.15) is 0 Å². The van der Waals surface area contributed by atoms with Crippen LogP contribution in [-0.4, -0.2) is 104 Å². The second-order valence-electron chi connectivity index (χ2n) is 11.1. The van der Waals surface area contributed by atoms with Crippen molar-refractivity contribution in [2.45, 2.75) is 147 Å². The fourth-order valence-corrected chi connectivity index (χ4v) is 4.90. The van der Waals surface area contributed by atoms with E-state index in [0.717, 1.165) is 13.0 Å². The first-order valence-electron chi connectivity index (χ1n) is 16.3. The van der Waals surface area contributed by atoms with Crippen molar-refractivity contribution < 1.29 is 44.1 Å². The normalized spacial score (nSPS) is 23.2. The van der Waals surface area contributed by atoms with Gasteiger partial charge in [0, 0.05) is 6.61 Å². The van der Waals surface area contributed by atoms with E-state index < -0.39 is 37.3 Å². The zero-order valence-corrected chi connectivity index (χ0v) is 25.4. The van der Waals surface area contributed by atoms with E-state index in [1.54, 1.807) is 0 Å². The molecule has 0 radical (unpaired) electrons. The number of hydrogen-bond acceptors (Lipinski definition) is 9. The van der Waals surface area contributed by atoms with Crippen LogP contribution in [0.3, 0.4) is 0 Å². The summed E-state index contributed by atoms with van der Waals surface area (Å²) in [5, 5.41) is 38.6.